The molecular formula is C20H23BN2O2. The summed E-state index contributed by atoms with van der Waals surface area (Å²) in [6.07, 6.45) is 0.877. The van der Waals surface area contributed by atoms with Crippen molar-refractivity contribution < 1.29 is 9.31 Å². The molecule has 0 N–H and O–H groups in total. The molecule has 0 amide bonds. The quantitative estimate of drug-likeness (QED) is 0.685. The van der Waals surface area contributed by atoms with E-state index < -0.39 is 7.12 Å². The van der Waals surface area contributed by atoms with Crippen molar-refractivity contribution in [3.05, 3.63) is 54.6 Å². The highest BCUT2D eigenvalue weighted by atomic mass is 16.7. The van der Waals surface area contributed by atoms with E-state index in [2.05, 4.69) is 50.5 Å². The zero-order valence-electron chi connectivity index (χ0n) is 15.2. The molecule has 0 saturated carbocycles. The van der Waals surface area contributed by atoms with Crippen molar-refractivity contribution >= 4 is 23.9 Å². The van der Waals surface area contributed by atoms with Gasteiger partial charge in [0.1, 0.15) is 5.72 Å². The molecule has 3 aromatic rings. The van der Waals surface area contributed by atoms with Crippen LogP contribution < -0.4 is 5.72 Å². The van der Waals surface area contributed by atoms with Crippen LogP contribution in [0.15, 0.2) is 54.6 Å². The first-order valence-corrected chi connectivity index (χ1v) is 8.84. The first kappa shape index (κ1) is 16.4. The molecule has 4 nitrogen and oxygen atoms in total. The minimum absolute atomic E-state index is 0.350. The number of fused-ring (bicyclic) bond motifs is 1. The van der Waals surface area contributed by atoms with Crippen LogP contribution in [0.3, 0.4) is 0 Å². The Kier molecular flexibility index (Phi) is 3.74. The molecule has 1 aliphatic heterocycles. The summed E-state index contributed by atoms with van der Waals surface area (Å²) in [6.45, 7) is 8.42. The summed E-state index contributed by atoms with van der Waals surface area (Å²) >= 11 is 0. The second-order valence-electron chi connectivity index (χ2n) is 7.29. The maximum Gasteiger partial charge on any atom is 0.533 e. The highest BCUT2D eigenvalue weighted by Crippen LogP contribution is 2.39. The van der Waals surface area contributed by atoms with E-state index >= 15 is 0 Å². The molecule has 0 spiro atoms. The van der Waals surface area contributed by atoms with Crippen molar-refractivity contribution in [2.24, 2.45) is 0 Å². The summed E-state index contributed by atoms with van der Waals surface area (Å²) in [6, 6.07) is 18.4. The lowest BCUT2D eigenvalue weighted by Gasteiger charge is -2.35. The third kappa shape index (κ3) is 2.50. The minimum atomic E-state index is -0.493. The first-order valence-electron chi connectivity index (χ1n) is 8.84. The number of para-hydroxylation sites is 3. The fourth-order valence-electron chi connectivity index (χ4n) is 3.46. The molecule has 1 atom stereocenters. The van der Waals surface area contributed by atoms with Crippen LogP contribution >= 0.6 is 0 Å². The average molecular weight is 334 g/mol. The highest BCUT2D eigenvalue weighted by molar-refractivity contribution is 6.60. The lowest BCUT2D eigenvalue weighted by atomic mass is 9.86. The molecule has 0 radical (unpaired) electrons. The predicted molar refractivity (Wildman–Crippen MR) is 101 cm³/mol. The Morgan fingerprint density at radius 1 is 0.960 bits per heavy atom. The standard InChI is InChI=1S/C20H23BN2O2/c1-5-20(4)19(2,3)24-21(25-20)18-22-16-13-9-10-14-17(16)23(18)15-11-7-6-8-12-15/h6-14H,5H2,1-4H3. The second kappa shape index (κ2) is 5.72. The Balaban J connectivity index is 1.89. The Morgan fingerprint density at radius 3 is 2.32 bits per heavy atom. The lowest BCUT2D eigenvalue weighted by molar-refractivity contribution is -0.0118. The van der Waals surface area contributed by atoms with Crippen LogP contribution in [0.25, 0.3) is 16.7 Å². The molecule has 4 rings (SSSR count). The molecule has 2 aromatic carbocycles. The van der Waals surface area contributed by atoms with E-state index in [0.717, 1.165) is 28.9 Å². The van der Waals surface area contributed by atoms with E-state index in [1.807, 2.05) is 36.4 Å². The van der Waals surface area contributed by atoms with Crippen molar-refractivity contribution in [3.63, 3.8) is 0 Å². The van der Waals surface area contributed by atoms with Gasteiger partial charge in [0.2, 0.25) is 0 Å². The van der Waals surface area contributed by atoms with Gasteiger partial charge in [0.05, 0.1) is 22.2 Å². The van der Waals surface area contributed by atoms with Gasteiger partial charge in [0.25, 0.3) is 0 Å². The van der Waals surface area contributed by atoms with Gasteiger partial charge in [-0.3, -0.25) is 4.57 Å². The lowest BCUT2D eigenvalue weighted by Crippen LogP contribution is -2.44. The highest BCUT2D eigenvalue weighted by Gasteiger charge is 2.55. The fourth-order valence-corrected chi connectivity index (χ4v) is 3.46. The number of rotatable bonds is 3. The van der Waals surface area contributed by atoms with Crippen LogP contribution in [0.1, 0.15) is 34.1 Å². The molecule has 0 aliphatic carbocycles. The maximum atomic E-state index is 6.39. The molecule has 1 saturated heterocycles. The SMILES string of the molecule is CCC1(C)OB(c2nc3ccccc3n2-c2ccccc2)OC1(C)C. The van der Waals surface area contributed by atoms with E-state index in [9.17, 15) is 0 Å². The van der Waals surface area contributed by atoms with Gasteiger partial charge in [0, 0.05) is 5.69 Å². The second-order valence-corrected chi connectivity index (χ2v) is 7.29. The molecule has 1 aliphatic rings. The van der Waals surface area contributed by atoms with Crippen molar-refractivity contribution in [1.82, 2.24) is 9.55 Å². The monoisotopic (exact) mass is 334 g/mol. The van der Waals surface area contributed by atoms with Gasteiger partial charge in [0.15, 0.2) is 0 Å². The molecule has 1 unspecified atom stereocenters. The number of imidazole rings is 1. The molecule has 128 valence electrons. The summed E-state index contributed by atoms with van der Waals surface area (Å²) in [5, 5.41) is 0. The normalized spacial score (nSPS) is 22.6. The van der Waals surface area contributed by atoms with Gasteiger partial charge in [-0.05, 0) is 51.5 Å². The topological polar surface area (TPSA) is 36.3 Å². The summed E-state index contributed by atoms with van der Waals surface area (Å²) in [4.78, 5) is 4.85. The zero-order chi connectivity index (χ0) is 17.7. The minimum Gasteiger partial charge on any atom is -0.397 e. The number of benzene rings is 2. The van der Waals surface area contributed by atoms with Gasteiger partial charge in [-0.2, -0.15) is 0 Å². The van der Waals surface area contributed by atoms with Gasteiger partial charge in [-0.15, -0.1) is 0 Å². The van der Waals surface area contributed by atoms with Gasteiger partial charge >= 0.3 is 7.12 Å². The van der Waals surface area contributed by atoms with E-state index in [0.29, 0.717) is 0 Å². The van der Waals surface area contributed by atoms with Crippen LogP contribution in [0, 0.1) is 0 Å². The molecule has 5 heteroatoms. The van der Waals surface area contributed by atoms with Crippen LogP contribution in [0.4, 0.5) is 0 Å². The zero-order valence-corrected chi connectivity index (χ0v) is 15.2. The van der Waals surface area contributed by atoms with E-state index in [1.165, 1.54) is 0 Å². The fraction of sp³-hybridized carbons (Fsp3) is 0.350. The Hall–Kier alpha value is -2.11. The molecule has 25 heavy (non-hydrogen) atoms. The molecule has 1 aromatic heterocycles. The van der Waals surface area contributed by atoms with Gasteiger partial charge in [-0.25, -0.2) is 4.98 Å². The largest absolute Gasteiger partial charge is 0.533 e. The third-order valence-corrected chi connectivity index (χ3v) is 5.53. The van der Waals surface area contributed by atoms with Crippen LogP contribution in [-0.2, 0) is 9.31 Å². The Labute approximate surface area is 148 Å². The van der Waals surface area contributed by atoms with Crippen LogP contribution in [0.2, 0.25) is 0 Å². The van der Waals surface area contributed by atoms with Crippen molar-refractivity contribution in [1.29, 1.82) is 0 Å². The summed E-state index contributed by atoms with van der Waals surface area (Å²) in [7, 11) is -0.493. The maximum absolute atomic E-state index is 6.39. The summed E-state index contributed by atoms with van der Waals surface area (Å²) < 4.78 is 14.8. The molecular weight excluding hydrogens is 311 g/mol. The van der Waals surface area contributed by atoms with Crippen LogP contribution in [-0.4, -0.2) is 27.9 Å². The van der Waals surface area contributed by atoms with Crippen molar-refractivity contribution in [3.8, 4) is 5.69 Å². The van der Waals surface area contributed by atoms with Crippen molar-refractivity contribution in [2.75, 3.05) is 0 Å². The summed E-state index contributed by atoms with van der Waals surface area (Å²) in [5.41, 5.74) is 3.11. The number of aromatic nitrogens is 2. The third-order valence-electron chi connectivity index (χ3n) is 5.53. The van der Waals surface area contributed by atoms with E-state index in [1.54, 1.807) is 0 Å². The smallest absolute Gasteiger partial charge is 0.397 e. The van der Waals surface area contributed by atoms with E-state index in [-0.39, 0.29) is 11.2 Å². The van der Waals surface area contributed by atoms with Crippen LogP contribution in [0.5, 0.6) is 0 Å². The predicted octanol–water partition coefficient (Wildman–Crippen LogP) is 3.71. The van der Waals surface area contributed by atoms with Gasteiger partial charge < -0.3 is 9.31 Å². The van der Waals surface area contributed by atoms with Gasteiger partial charge in [-0.1, -0.05) is 37.3 Å². The molecule has 0 bridgehead atoms. The Bertz CT molecular complexity index is 906. The Morgan fingerprint density at radius 2 is 1.64 bits per heavy atom. The first-order chi connectivity index (χ1) is 12.0. The molecule has 2 heterocycles. The summed E-state index contributed by atoms with van der Waals surface area (Å²) in [5.74, 6) is 0. The molecule has 1 fully saturated rings. The number of nitrogens with zero attached hydrogens (tertiary/aromatic N) is 2. The average Bonchev–Trinajstić information content (AvgIpc) is 3.11. The number of hydrogen-bond donors (Lipinski definition) is 0. The van der Waals surface area contributed by atoms with Crippen molar-refractivity contribution in [2.45, 2.75) is 45.3 Å². The van der Waals surface area contributed by atoms with E-state index in [4.69, 9.17) is 14.3 Å². The number of hydrogen-bond acceptors (Lipinski definition) is 3.